The molecule has 2 aromatic rings. The van der Waals surface area contributed by atoms with Crippen molar-refractivity contribution in [1.82, 2.24) is 9.80 Å². The number of hydrogen-bond donors (Lipinski definition) is 1. The van der Waals surface area contributed by atoms with E-state index in [-0.39, 0.29) is 11.8 Å². The maximum atomic E-state index is 12.9. The fourth-order valence-corrected chi connectivity index (χ4v) is 5.60. The van der Waals surface area contributed by atoms with E-state index >= 15 is 0 Å². The smallest absolute Gasteiger partial charge is 0.238 e. The Morgan fingerprint density at radius 2 is 1.58 bits per heavy atom. The lowest BCUT2D eigenvalue weighted by atomic mass is 9.95. The summed E-state index contributed by atoms with van der Waals surface area (Å²) in [5.41, 5.74) is 0.814. The molecule has 5 nitrogen and oxygen atoms in total. The van der Waals surface area contributed by atoms with Crippen LogP contribution in [0, 0.1) is 5.92 Å². The van der Waals surface area contributed by atoms with Gasteiger partial charge in [-0.2, -0.15) is 0 Å². The maximum Gasteiger partial charge on any atom is 0.238 e. The number of para-hydroxylation sites is 1. The van der Waals surface area contributed by atoms with E-state index in [1.54, 1.807) is 11.8 Å². The van der Waals surface area contributed by atoms with E-state index in [9.17, 15) is 9.59 Å². The second kappa shape index (κ2) is 11.9. The highest BCUT2D eigenvalue weighted by atomic mass is 35.5. The first-order valence-electron chi connectivity index (χ1n) is 11.9. The van der Waals surface area contributed by atoms with Crippen molar-refractivity contribution in [1.29, 1.82) is 0 Å². The minimum atomic E-state index is -0.0172. The van der Waals surface area contributed by atoms with Crippen LogP contribution in [0.2, 0.25) is 5.02 Å². The summed E-state index contributed by atoms with van der Waals surface area (Å²) in [4.78, 5) is 32.0. The molecule has 1 N–H and O–H groups in total. The number of carbonyl (C=O) groups excluding carboxylic acids is 2. The molecule has 2 amide bonds. The number of anilines is 1. The standard InChI is InChI=1S/C26H32ClN3O2S/c27-21-9-11-22(12-10-21)33-24-8-4-3-7-23(24)28-25(31)19-29-17-13-20(14-18-29)26(32)30-15-5-1-2-6-16-30/h3-4,7-12,20H,1-2,5-6,13-19H2,(H,28,31). The van der Waals surface area contributed by atoms with Gasteiger partial charge in [-0.3, -0.25) is 14.5 Å². The van der Waals surface area contributed by atoms with Gasteiger partial charge in [0.2, 0.25) is 11.8 Å². The van der Waals surface area contributed by atoms with Crippen molar-refractivity contribution in [2.45, 2.75) is 48.3 Å². The Kier molecular flexibility index (Phi) is 8.70. The molecule has 2 fully saturated rings. The number of piperidine rings is 1. The highest BCUT2D eigenvalue weighted by Crippen LogP contribution is 2.34. The second-order valence-corrected chi connectivity index (χ2v) is 10.4. The van der Waals surface area contributed by atoms with E-state index in [1.807, 2.05) is 48.5 Å². The van der Waals surface area contributed by atoms with Gasteiger partial charge < -0.3 is 10.2 Å². The molecule has 33 heavy (non-hydrogen) atoms. The van der Waals surface area contributed by atoms with Gasteiger partial charge in [-0.1, -0.05) is 48.3 Å². The normalized spacial score (nSPS) is 18.0. The van der Waals surface area contributed by atoms with Crippen LogP contribution in [-0.2, 0) is 9.59 Å². The van der Waals surface area contributed by atoms with Crippen LogP contribution in [0.5, 0.6) is 0 Å². The number of halogens is 1. The Labute approximate surface area is 205 Å². The van der Waals surface area contributed by atoms with E-state index in [0.717, 1.165) is 67.3 Å². The lowest BCUT2D eigenvalue weighted by Gasteiger charge is -2.33. The van der Waals surface area contributed by atoms with Gasteiger partial charge >= 0.3 is 0 Å². The molecule has 0 saturated carbocycles. The number of hydrogen-bond acceptors (Lipinski definition) is 4. The van der Waals surface area contributed by atoms with Crippen molar-refractivity contribution in [3.63, 3.8) is 0 Å². The molecule has 0 aromatic heterocycles. The van der Waals surface area contributed by atoms with Crippen LogP contribution in [0.15, 0.2) is 58.3 Å². The lowest BCUT2D eigenvalue weighted by Crippen LogP contribution is -2.44. The van der Waals surface area contributed by atoms with E-state index in [1.165, 1.54) is 12.8 Å². The largest absolute Gasteiger partial charge is 0.342 e. The number of rotatable bonds is 6. The van der Waals surface area contributed by atoms with Gasteiger partial charge in [0.25, 0.3) is 0 Å². The van der Waals surface area contributed by atoms with Gasteiger partial charge in [0, 0.05) is 33.8 Å². The predicted molar refractivity (Wildman–Crippen MR) is 135 cm³/mol. The predicted octanol–water partition coefficient (Wildman–Crippen LogP) is 5.54. The average Bonchev–Trinajstić information content (AvgIpc) is 3.11. The Bertz CT molecular complexity index is 937. The van der Waals surface area contributed by atoms with Crippen LogP contribution in [0.3, 0.4) is 0 Å². The third kappa shape index (κ3) is 6.98. The Morgan fingerprint density at radius 1 is 0.909 bits per heavy atom. The molecular formula is C26H32ClN3O2S. The molecule has 4 rings (SSSR count). The molecule has 2 saturated heterocycles. The molecule has 0 spiro atoms. The maximum absolute atomic E-state index is 12.9. The molecule has 0 radical (unpaired) electrons. The Hall–Kier alpha value is -2.02. The van der Waals surface area contributed by atoms with Crippen molar-refractivity contribution < 1.29 is 9.59 Å². The Balaban J connectivity index is 1.27. The molecule has 2 aliphatic rings. The van der Waals surface area contributed by atoms with Crippen molar-refractivity contribution in [3.8, 4) is 0 Å². The van der Waals surface area contributed by atoms with Gasteiger partial charge in [0.15, 0.2) is 0 Å². The molecule has 0 aliphatic carbocycles. The van der Waals surface area contributed by atoms with Crippen LogP contribution in [0.25, 0.3) is 0 Å². The van der Waals surface area contributed by atoms with Crippen molar-refractivity contribution in [3.05, 3.63) is 53.6 Å². The number of nitrogens with zero attached hydrogens (tertiary/aromatic N) is 2. The Morgan fingerprint density at radius 3 is 2.27 bits per heavy atom. The molecule has 2 aromatic carbocycles. The summed E-state index contributed by atoms with van der Waals surface area (Å²) < 4.78 is 0. The van der Waals surface area contributed by atoms with Gasteiger partial charge in [0.1, 0.15) is 0 Å². The van der Waals surface area contributed by atoms with Crippen molar-refractivity contribution in [2.24, 2.45) is 5.92 Å². The van der Waals surface area contributed by atoms with Crippen LogP contribution in [0.1, 0.15) is 38.5 Å². The quantitative estimate of drug-likeness (QED) is 0.583. The second-order valence-electron chi connectivity index (χ2n) is 8.89. The lowest BCUT2D eigenvalue weighted by molar-refractivity contribution is -0.137. The monoisotopic (exact) mass is 485 g/mol. The third-order valence-electron chi connectivity index (χ3n) is 6.42. The molecule has 2 heterocycles. The number of likely N-dealkylation sites (tertiary alicyclic amines) is 2. The molecule has 0 unspecified atom stereocenters. The van der Waals surface area contributed by atoms with E-state index in [4.69, 9.17) is 11.6 Å². The van der Waals surface area contributed by atoms with Crippen LogP contribution in [0.4, 0.5) is 5.69 Å². The van der Waals surface area contributed by atoms with Gasteiger partial charge in [0.05, 0.1) is 12.2 Å². The van der Waals surface area contributed by atoms with E-state index in [2.05, 4.69) is 15.1 Å². The summed E-state index contributed by atoms with van der Waals surface area (Å²) in [5, 5.41) is 3.79. The minimum Gasteiger partial charge on any atom is -0.342 e. The first-order valence-corrected chi connectivity index (χ1v) is 13.1. The summed E-state index contributed by atoms with van der Waals surface area (Å²) in [6, 6.07) is 15.5. The number of benzene rings is 2. The third-order valence-corrected chi connectivity index (χ3v) is 7.76. The number of amides is 2. The van der Waals surface area contributed by atoms with Crippen molar-refractivity contribution >= 4 is 40.9 Å². The van der Waals surface area contributed by atoms with Gasteiger partial charge in [-0.25, -0.2) is 0 Å². The molecule has 7 heteroatoms. The van der Waals surface area contributed by atoms with Crippen LogP contribution >= 0.6 is 23.4 Å². The molecule has 0 atom stereocenters. The molecule has 2 aliphatic heterocycles. The number of nitrogens with one attached hydrogen (secondary N) is 1. The van der Waals surface area contributed by atoms with E-state index in [0.29, 0.717) is 17.5 Å². The highest BCUT2D eigenvalue weighted by molar-refractivity contribution is 7.99. The summed E-state index contributed by atoms with van der Waals surface area (Å²) >= 11 is 7.59. The fraction of sp³-hybridized carbons (Fsp3) is 0.462. The SMILES string of the molecule is O=C(CN1CCC(C(=O)N2CCCCCC2)CC1)Nc1ccccc1Sc1ccc(Cl)cc1. The summed E-state index contributed by atoms with van der Waals surface area (Å²) in [6.45, 7) is 3.76. The topological polar surface area (TPSA) is 52.7 Å². The average molecular weight is 486 g/mol. The first kappa shape index (κ1) is 24.1. The summed E-state index contributed by atoms with van der Waals surface area (Å²) in [6.07, 6.45) is 6.40. The van der Waals surface area contributed by atoms with Gasteiger partial charge in [-0.15, -0.1) is 0 Å². The molecule has 176 valence electrons. The summed E-state index contributed by atoms with van der Waals surface area (Å²) in [5.74, 6) is 0.421. The zero-order chi connectivity index (χ0) is 23.0. The minimum absolute atomic E-state index is 0.0172. The van der Waals surface area contributed by atoms with E-state index < -0.39 is 0 Å². The molecular weight excluding hydrogens is 454 g/mol. The first-order chi connectivity index (χ1) is 16.1. The van der Waals surface area contributed by atoms with Gasteiger partial charge in [-0.05, 0) is 75.2 Å². The molecule has 0 bridgehead atoms. The highest BCUT2D eigenvalue weighted by Gasteiger charge is 2.29. The summed E-state index contributed by atoms with van der Waals surface area (Å²) in [7, 11) is 0. The zero-order valence-corrected chi connectivity index (χ0v) is 20.5. The van der Waals surface area contributed by atoms with Crippen molar-refractivity contribution in [2.75, 3.05) is 38.0 Å². The van der Waals surface area contributed by atoms with Crippen LogP contribution < -0.4 is 5.32 Å². The fourth-order valence-electron chi connectivity index (χ4n) is 4.57. The number of carbonyl (C=O) groups is 2. The van der Waals surface area contributed by atoms with Crippen LogP contribution in [-0.4, -0.2) is 54.3 Å². The zero-order valence-electron chi connectivity index (χ0n) is 19.0.